The van der Waals surface area contributed by atoms with Gasteiger partial charge in [-0.1, -0.05) is 19.3 Å². The molecular formula is C14H21NO3. The molecule has 0 aromatic carbocycles. The summed E-state index contributed by atoms with van der Waals surface area (Å²) in [6, 6.07) is -0.798. The number of carboxylic acids is 1. The third-order valence-electron chi connectivity index (χ3n) is 3.40. The van der Waals surface area contributed by atoms with Crippen molar-refractivity contribution < 1.29 is 14.7 Å². The Morgan fingerprint density at radius 1 is 1.33 bits per heavy atom. The van der Waals surface area contributed by atoms with Gasteiger partial charge in [0.25, 0.3) is 0 Å². The number of hydrogen-bond acceptors (Lipinski definition) is 2. The lowest BCUT2D eigenvalue weighted by atomic mass is 9.88. The van der Waals surface area contributed by atoms with E-state index >= 15 is 0 Å². The normalized spacial score (nSPS) is 17.7. The second kappa shape index (κ2) is 7.75. The summed E-state index contributed by atoms with van der Waals surface area (Å²) >= 11 is 0. The molecule has 1 aliphatic carbocycles. The van der Waals surface area contributed by atoms with Gasteiger partial charge in [-0.2, -0.15) is 0 Å². The molecule has 100 valence electrons. The lowest BCUT2D eigenvalue weighted by Gasteiger charge is -2.23. The maximum Gasteiger partial charge on any atom is 0.326 e. The summed E-state index contributed by atoms with van der Waals surface area (Å²) in [6.45, 7) is 0. The first-order valence-electron chi connectivity index (χ1n) is 6.61. The molecular weight excluding hydrogens is 230 g/mol. The lowest BCUT2D eigenvalue weighted by molar-refractivity contribution is -0.142. The monoisotopic (exact) mass is 251 g/mol. The molecule has 0 heterocycles. The van der Waals surface area contributed by atoms with Crippen molar-refractivity contribution in [1.29, 1.82) is 0 Å². The van der Waals surface area contributed by atoms with Gasteiger partial charge in [0.05, 0.1) is 0 Å². The Morgan fingerprint density at radius 3 is 2.56 bits per heavy atom. The van der Waals surface area contributed by atoms with Crippen LogP contribution in [0.4, 0.5) is 0 Å². The largest absolute Gasteiger partial charge is 0.480 e. The zero-order valence-electron chi connectivity index (χ0n) is 10.7. The minimum atomic E-state index is -0.976. The Hall–Kier alpha value is -1.50. The first-order chi connectivity index (χ1) is 8.65. The summed E-state index contributed by atoms with van der Waals surface area (Å²) < 4.78 is 0. The number of terminal acetylenes is 1. The summed E-state index contributed by atoms with van der Waals surface area (Å²) in [4.78, 5) is 23.0. The maximum absolute atomic E-state index is 11.9. The Labute approximate surface area is 108 Å². The molecule has 0 unspecified atom stereocenters. The van der Waals surface area contributed by atoms with Crippen LogP contribution < -0.4 is 5.32 Å². The Morgan fingerprint density at radius 2 is 2.00 bits per heavy atom. The molecule has 1 fully saturated rings. The van der Waals surface area contributed by atoms with Crippen molar-refractivity contribution in [3.63, 3.8) is 0 Å². The van der Waals surface area contributed by atoms with Gasteiger partial charge in [0.2, 0.25) is 5.91 Å². The number of carbonyl (C=O) groups excluding carboxylic acids is 1. The molecule has 0 radical (unpaired) electrons. The van der Waals surface area contributed by atoms with E-state index < -0.39 is 12.0 Å². The van der Waals surface area contributed by atoms with E-state index in [0.29, 0.717) is 19.3 Å². The van der Waals surface area contributed by atoms with Crippen molar-refractivity contribution in [3.05, 3.63) is 0 Å². The second-order valence-electron chi connectivity index (χ2n) is 4.83. The van der Waals surface area contributed by atoms with Crippen LogP contribution in [0.25, 0.3) is 0 Å². The molecule has 1 atom stereocenters. The molecule has 0 spiro atoms. The third kappa shape index (κ3) is 4.79. The highest BCUT2D eigenvalue weighted by molar-refractivity contribution is 5.84. The van der Waals surface area contributed by atoms with E-state index in [0.717, 1.165) is 25.7 Å². The highest BCUT2D eigenvalue weighted by atomic mass is 16.4. The van der Waals surface area contributed by atoms with E-state index in [2.05, 4.69) is 11.2 Å². The van der Waals surface area contributed by atoms with Gasteiger partial charge in [0.15, 0.2) is 0 Å². The van der Waals surface area contributed by atoms with Gasteiger partial charge in [-0.15, -0.1) is 12.3 Å². The smallest absolute Gasteiger partial charge is 0.326 e. The quantitative estimate of drug-likeness (QED) is 0.560. The molecule has 0 saturated heterocycles. The van der Waals surface area contributed by atoms with Crippen LogP contribution in [0.15, 0.2) is 0 Å². The summed E-state index contributed by atoms with van der Waals surface area (Å²) in [5.41, 5.74) is 0. The summed E-state index contributed by atoms with van der Waals surface area (Å²) in [5, 5.41) is 11.7. The minimum Gasteiger partial charge on any atom is -0.480 e. The van der Waals surface area contributed by atoms with Crippen LogP contribution in [0.1, 0.15) is 51.4 Å². The minimum absolute atomic E-state index is 0.00627. The van der Waals surface area contributed by atoms with E-state index in [1.54, 1.807) is 0 Å². The fourth-order valence-corrected chi connectivity index (χ4v) is 2.32. The van der Waals surface area contributed by atoms with Gasteiger partial charge in [0.1, 0.15) is 6.04 Å². The molecule has 18 heavy (non-hydrogen) atoms. The zero-order valence-corrected chi connectivity index (χ0v) is 10.7. The van der Waals surface area contributed by atoms with Gasteiger partial charge < -0.3 is 10.4 Å². The van der Waals surface area contributed by atoms with Crippen molar-refractivity contribution in [2.45, 2.75) is 57.4 Å². The van der Waals surface area contributed by atoms with Crippen LogP contribution >= 0.6 is 0 Å². The Balaban J connectivity index is 2.41. The number of amides is 1. The molecule has 4 nitrogen and oxygen atoms in total. The fraction of sp³-hybridized carbons (Fsp3) is 0.714. The number of hydrogen-bond donors (Lipinski definition) is 2. The van der Waals surface area contributed by atoms with E-state index in [1.807, 2.05) is 0 Å². The number of aliphatic carboxylic acids is 1. The van der Waals surface area contributed by atoms with Gasteiger partial charge in [-0.05, 0) is 25.7 Å². The van der Waals surface area contributed by atoms with Crippen LogP contribution in [0.2, 0.25) is 0 Å². The topological polar surface area (TPSA) is 66.4 Å². The molecule has 0 aromatic rings. The van der Waals surface area contributed by atoms with Crippen molar-refractivity contribution in [2.75, 3.05) is 0 Å². The van der Waals surface area contributed by atoms with Crippen LogP contribution in [-0.2, 0) is 9.59 Å². The molecule has 0 aromatic heterocycles. The number of carboxylic acid groups (broad SMARTS) is 1. The SMILES string of the molecule is C#CCCC[C@@H](NC(=O)C1CCCCC1)C(=O)O. The van der Waals surface area contributed by atoms with Crippen molar-refractivity contribution in [1.82, 2.24) is 5.32 Å². The molecule has 0 bridgehead atoms. The Bertz CT molecular complexity index is 326. The molecule has 4 heteroatoms. The van der Waals surface area contributed by atoms with Gasteiger partial charge in [-0.25, -0.2) is 4.79 Å². The Kier molecular flexibility index (Phi) is 6.27. The highest BCUT2D eigenvalue weighted by Gasteiger charge is 2.25. The number of rotatable bonds is 6. The predicted molar refractivity (Wildman–Crippen MR) is 68.8 cm³/mol. The summed E-state index contributed by atoms with van der Waals surface area (Å²) in [7, 11) is 0. The molecule has 1 aliphatic rings. The molecule has 0 aliphatic heterocycles. The summed E-state index contributed by atoms with van der Waals surface area (Å²) in [5.74, 6) is 1.38. The number of nitrogens with one attached hydrogen (secondary N) is 1. The lowest BCUT2D eigenvalue weighted by Crippen LogP contribution is -2.44. The maximum atomic E-state index is 11.9. The zero-order chi connectivity index (χ0) is 13.4. The second-order valence-corrected chi connectivity index (χ2v) is 4.83. The van der Waals surface area contributed by atoms with E-state index in [9.17, 15) is 9.59 Å². The van der Waals surface area contributed by atoms with E-state index in [-0.39, 0.29) is 11.8 Å². The van der Waals surface area contributed by atoms with Gasteiger partial charge >= 0.3 is 5.97 Å². The van der Waals surface area contributed by atoms with E-state index in [1.165, 1.54) is 6.42 Å². The average Bonchev–Trinajstić information content (AvgIpc) is 2.38. The van der Waals surface area contributed by atoms with Crippen molar-refractivity contribution in [2.24, 2.45) is 5.92 Å². The molecule has 1 saturated carbocycles. The van der Waals surface area contributed by atoms with Gasteiger partial charge in [-0.3, -0.25) is 4.79 Å². The van der Waals surface area contributed by atoms with Crippen molar-refractivity contribution in [3.8, 4) is 12.3 Å². The van der Waals surface area contributed by atoms with E-state index in [4.69, 9.17) is 11.5 Å². The molecule has 1 rings (SSSR count). The average molecular weight is 251 g/mol. The summed E-state index contributed by atoms with van der Waals surface area (Å²) in [6.07, 6.45) is 11.7. The first-order valence-corrected chi connectivity index (χ1v) is 6.61. The highest BCUT2D eigenvalue weighted by Crippen LogP contribution is 2.23. The molecule has 1 amide bonds. The number of carbonyl (C=O) groups is 2. The predicted octanol–water partition coefficient (Wildman–Crippen LogP) is 1.94. The fourth-order valence-electron chi connectivity index (χ4n) is 2.32. The van der Waals surface area contributed by atoms with Crippen molar-refractivity contribution >= 4 is 11.9 Å². The van der Waals surface area contributed by atoms with Crippen LogP contribution in [0, 0.1) is 18.3 Å². The van der Waals surface area contributed by atoms with Crippen LogP contribution in [0.3, 0.4) is 0 Å². The number of unbranched alkanes of at least 4 members (excludes halogenated alkanes) is 1. The first kappa shape index (κ1) is 14.6. The van der Waals surface area contributed by atoms with Gasteiger partial charge in [0, 0.05) is 12.3 Å². The molecule has 2 N–H and O–H groups in total. The standard InChI is InChI=1S/C14H21NO3/c1-2-3-5-10-12(14(17)18)15-13(16)11-8-6-4-7-9-11/h1,11-12H,3-10H2,(H,15,16)(H,17,18)/t12-/m1/s1. The third-order valence-corrected chi connectivity index (χ3v) is 3.40. The van der Waals surface area contributed by atoms with Crippen LogP contribution in [-0.4, -0.2) is 23.0 Å². The van der Waals surface area contributed by atoms with Crippen LogP contribution in [0.5, 0.6) is 0 Å².